The average molecular weight is 602 g/mol. The van der Waals surface area contributed by atoms with Crippen molar-refractivity contribution in [1.82, 2.24) is 14.6 Å². The highest BCUT2D eigenvalue weighted by molar-refractivity contribution is 9.10. The number of aryl methyl sites for hydroxylation is 1. The van der Waals surface area contributed by atoms with Crippen molar-refractivity contribution < 1.29 is 4.79 Å². The summed E-state index contributed by atoms with van der Waals surface area (Å²) in [4.78, 5) is 13.0. The van der Waals surface area contributed by atoms with Crippen LogP contribution in [-0.2, 0) is 6.54 Å². The minimum Gasteiger partial charge on any atom is -0.340 e. The predicted molar refractivity (Wildman–Crippen MR) is 171 cm³/mol. The number of fused-ring (bicyclic) bond motifs is 1. The van der Waals surface area contributed by atoms with Gasteiger partial charge in [0.1, 0.15) is 0 Å². The molecular formula is C35H29BrN4O. The summed E-state index contributed by atoms with van der Waals surface area (Å²) in [5.74, 6) is -0.253. The molecule has 0 atom stereocenters. The molecular weight excluding hydrogens is 572 g/mol. The molecule has 2 heterocycles. The quantitative estimate of drug-likeness (QED) is 0.145. The van der Waals surface area contributed by atoms with Gasteiger partial charge in [-0.3, -0.25) is 4.79 Å². The average Bonchev–Trinajstić information content (AvgIpc) is 3.52. The molecule has 0 aliphatic carbocycles. The van der Waals surface area contributed by atoms with Crippen LogP contribution < -0.4 is 5.43 Å². The molecule has 6 aromatic rings. The van der Waals surface area contributed by atoms with Crippen molar-refractivity contribution in [2.24, 2.45) is 5.10 Å². The highest BCUT2D eigenvalue weighted by atomic mass is 79.9. The van der Waals surface area contributed by atoms with Crippen molar-refractivity contribution in [3.63, 3.8) is 0 Å². The third kappa shape index (κ3) is 5.39. The summed E-state index contributed by atoms with van der Waals surface area (Å²) in [6.07, 6.45) is 1.75. The van der Waals surface area contributed by atoms with Crippen LogP contribution in [0.15, 0.2) is 125 Å². The smallest absolute Gasteiger partial charge is 0.271 e. The van der Waals surface area contributed by atoms with Crippen molar-refractivity contribution >= 4 is 39.0 Å². The lowest BCUT2D eigenvalue weighted by atomic mass is 10.1. The molecule has 0 spiro atoms. The van der Waals surface area contributed by atoms with Crippen molar-refractivity contribution in [2.75, 3.05) is 0 Å². The molecule has 0 fully saturated rings. The summed E-state index contributed by atoms with van der Waals surface area (Å²) in [6, 6.07) is 38.8. The normalized spacial score (nSPS) is 11.4. The molecule has 6 rings (SSSR count). The number of para-hydroxylation sites is 1. The molecule has 41 heavy (non-hydrogen) atoms. The van der Waals surface area contributed by atoms with Gasteiger partial charge in [0.15, 0.2) is 0 Å². The number of hydrogen-bond donors (Lipinski definition) is 1. The zero-order chi connectivity index (χ0) is 28.3. The largest absolute Gasteiger partial charge is 0.340 e. The van der Waals surface area contributed by atoms with Gasteiger partial charge < -0.3 is 9.13 Å². The summed E-state index contributed by atoms with van der Waals surface area (Å²) in [6.45, 7) is 4.92. The number of hydrogen-bond acceptors (Lipinski definition) is 2. The zero-order valence-corrected chi connectivity index (χ0v) is 24.5. The number of halogens is 1. The van der Waals surface area contributed by atoms with E-state index in [0.29, 0.717) is 5.56 Å². The third-order valence-electron chi connectivity index (χ3n) is 7.43. The topological polar surface area (TPSA) is 51.3 Å². The van der Waals surface area contributed by atoms with Crippen LogP contribution in [0.1, 0.15) is 32.9 Å². The van der Waals surface area contributed by atoms with Crippen LogP contribution in [0.3, 0.4) is 0 Å². The van der Waals surface area contributed by atoms with Gasteiger partial charge in [-0.05, 0) is 79.6 Å². The van der Waals surface area contributed by atoms with Gasteiger partial charge in [0.05, 0.1) is 11.9 Å². The minimum atomic E-state index is -0.253. The van der Waals surface area contributed by atoms with E-state index in [1.807, 2.05) is 54.6 Å². The number of carbonyl (C=O) groups excluding carboxylic acids is 1. The lowest BCUT2D eigenvalue weighted by Crippen LogP contribution is -2.17. The van der Waals surface area contributed by atoms with Gasteiger partial charge >= 0.3 is 0 Å². The number of benzene rings is 4. The van der Waals surface area contributed by atoms with Gasteiger partial charge in [-0.15, -0.1) is 0 Å². The van der Waals surface area contributed by atoms with Crippen LogP contribution in [0.4, 0.5) is 0 Å². The maximum atomic E-state index is 13.0. The molecule has 2 aromatic heterocycles. The maximum absolute atomic E-state index is 13.0. The highest BCUT2D eigenvalue weighted by Gasteiger charge is 2.14. The summed E-state index contributed by atoms with van der Waals surface area (Å²) >= 11 is 3.51. The van der Waals surface area contributed by atoms with Crippen LogP contribution in [0, 0.1) is 13.8 Å². The van der Waals surface area contributed by atoms with Gasteiger partial charge in [-0.1, -0.05) is 76.6 Å². The van der Waals surface area contributed by atoms with Crippen LogP contribution in [-0.4, -0.2) is 21.3 Å². The van der Waals surface area contributed by atoms with Gasteiger partial charge in [0.2, 0.25) is 0 Å². The first-order chi connectivity index (χ1) is 20.0. The van der Waals surface area contributed by atoms with E-state index in [0.717, 1.165) is 55.8 Å². The lowest BCUT2D eigenvalue weighted by Gasteiger charge is -2.12. The predicted octanol–water partition coefficient (Wildman–Crippen LogP) is 8.29. The fourth-order valence-electron chi connectivity index (χ4n) is 5.29. The Hall–Kier alpha value is -4.68. The first-order valence-corrected chi connectivity index (χ1v) is 14.3. The molecule has 5 nitrogen and oxygen atoms in total. The van der Waals surface area contributed by atoms with E-state index in [2.05, 4.69) is 110 Å². The Morgan fingerprint density at radius 3 is 2.29 bits per heavy atom. The standard InChI is InChI=1S/C35H29BrN4O/c1-24-12-21-33(27-8-4-3-5-9-27)40(24)30-19-15-28(16-20-30)35(41)38-37-22-32-25(2)39(34-11-7-6-10-31(32)34)23-26-13-17-29(36)18-14-26/h3-22H,23H2,1-2H3,(H,38,41)/b37-22+. The van der Waals surface area contributed by atoms with E-state index in [4.69, 9.17) is 0 Å². The van der Waals surface area contributed by atoms with Gasteiger partial charge in [0, 0.05) is 50.1 Å². The third-order valence-corrected chi connectivity index (χ3v) is 7.96. The Labute approximate surface area is 247 Å². The Morgan fingerprint density at radius 2 is 1.54 bits per heavy atom. The SMILES string of the molecule is Cc1ccc(-c2ccccc2)n1-c1ccc(C(=O)N/N=C/c2c(C)n(Cc3ccc(Br)cc3)c3ccccc23)cc1. The number of rotatable bonds is 7. The lowest BCUT2D eigenvalue weighted by molar-refractivity contribution is 0.0955. The number of nitrogens with one attached hydrogen (secondary N) is 1. The maximum Gasteiger partial charge on any atom is 0.271 e. The number of carbonyl (C=O) groups is 1. The van der Waals surface area contributed by atoms with E-state index in [-0.39, 0.29) is 5.91 Å². The van der Waals surface area contributed by atoms with E-state index >= 15 is 0 Å². The molecule has 0 saturated heterocycles. The second-order valence-corrected chi connectivity index (χ2v) is 11.0. The molecule has 0 radical (unpaired) electrons. The fraction of sp³-hybridized carbons (Fsp3) is 0.0857. The monoisotopic (exact) mass is 600 g/mol. The first-order valence-electron chi connectivity index (χ1n) is 13.5. The molecule has 6 heteroatoms. The number of nitrogens with zero attached hydrogens (tertiary/aromatic N) is 3. The van der Waals surface area contributed by atoms with Crippen molar-refractivity contribution in [1.29, 1.82) is 0 Å². The van der Waals surface area contributed by atoms with Crippen molar-refractivity contribution in [3.05, 3.63) is 148 Å². The van der Waals surface area contributed by atoms with Gasteiger partial charge in [0.25, 0.3) is 5.91 Å². The Kier molecular flexibility index (Phi) is 7.40. The summed E-state index contributed by atoms with van der Waals surface area (Å²) in [7, 11) is 0. The molecule has 1 amide bonds. The van der Waals surface area contributed by atoms with Gasteiger partial charge in [-0.25, -0.2) is 5.43 Å². The summed E-state index contributed by atoms with van der Waals surface area (Å²) in [5, 5.41) is 5.45. The van der Waals surface area contributed by atoms with Crippen LogP contribution >= 0.6 is 15.9 Å². The second kappa shape index (κ2) is 11.4. The van der Waals surface area contributed by atoms with Gasteiger partial charge in [-0.2, -0.15) is 5.10 Å². The Morgan fingerprint density at radius 1 is 0.829 bits per heavy atom. The highest BCUT2D eigenvalue weighted by Crippen LogP contribution is 2.27. The second-order valence-electron chi connectivity index (χ2n) is 10.0. The molecule has 202 valence electrons. The number of aromatic nitrogens is 2. The molecule has 0 aliphatic rings. The number of amides is 1. The minimum absolute atomic E-state index is 0.253. The fourth-order valence-corrected chi connectivity index (χ4v) is 5.56. The number of hydrazone groups is 1. The zero-order valence-electron chi connectivity index (χ0n) is 22.9. The van der Waals surface area contributed by atoms with Crippen molar-refractivity contribution in [2.45, 2.75) is 20.4 Å². The van der Waals surface area contributed by atoms with E-state index in [1.54, 1.807) is 6.21 Å². The first kappa shape index (κ1) is 26.5. The summed E-state index contributed by atoms with van der Waals surface area (Å²) in [5.41, 5.74) is 12.1. The van der Waals surface area contributed by atoms with Crippen LogP contribution in [0.2, 0.25) is 0 Å². The molecule has 0 bridgehead atoms. The van der Waals surface area contributed by atoms with E-state index < -0.39 is 0 Å². The molecule has 0 unspecified atom stereocenters. The van der Waals surface area contributed by atoms with E-state index in [9.17, 15) is 4.79 Å². The summed E-state index contributed by atoms with van der Waals surface area (Å²) < 4.78 is 5.54. The Balaban J connectivity index is 1.21. The van der Waals surface area contributed by atoms with E-state index in [1.165, 1.54) is 5.56 Å². The molecule has 1 N–H and O–H groups in total. The molecule has 4 aromatic carbocycles. The molecule has 0 aliphatic heterocycles. The molecule has 0 saturated carbocycles. The Bertz CT molecular complexity index is 1860. The van der Waals surface area contributed by atoms with Crippen LogP contribution in [0.5, 0.6) is 0 Å². The van der Waals surface area contributed by atoms with Crippen LogP contribution in [0.25, 0.3) is 27.8 Å². The van der Waals surface area contributed by atoms with Crippen molar-refractivity contribution in [3.8, 4) is 16.9 Å².